The fraction of sp³-hybridized carbons (Fsp3) is 0.368. The summed E-state index contributed by atoms with van der Waals surface area (Å²) >= 11 is 0. The molecule has 1 aromatic heterocycles. The second-order valence-corrected chi connectivity index (χ2v) is 6.77. The lowest BCUT2D eigenvalue weighted by atomic mass is 10.1. The van der Waals surface area contributed by atoms with Gasteiger partial charge in [-0.05, 0) is 37.1 Å². The second kappa shape index (κ2) is 9.65. The van der Waals surface area contributed by atoms with Crippen LogP contribution in [0.25, 0.3) is 0 Å². The van der Waals surface area contributed by atoms with Crippen molar-refractivity contribution in [1.29, 1.82) is 0 Å². The van der Waals surface area contributed by atoms with E-state index in [1.807, 2.05) is 13.8 Å². The van der Waals surface area contributed by atoms with E-state index in [4.69, 9.17) is 5.73 Å². The van der Waals surface area contributed by atoms with Crippen molar-refractivity contribution in [2.75, 3.05) is 17.2 Å². The molecular formula is C19H26N6O3. The van der Waals surface area contributed by atoms with Crippen molar-refractivity contribution in [2.45, 2.75) is 32.9 Å². The van der Waals surface area contributed by atoms with E-state index in [0.29, 0.717) is 11.4 Å². The predicted molar refractivity (Wildman–Crippen MR) is 106 cm³/mol. The van der Waals surface area contributed by atoms with Crippen LogP contribution in [0.4, 0.5) is 11.4 Å². The summed E-state index contributed by atoms with van der Waals surface area (Å²) in [6, 6.07) is 7.34. The van der Waals surface area contributed by atoms with Crippen LogP contribution in [-0.2, 0) is 14.4 Å². The Kier molecular flexibility index (Phi) is 7.28. The molecule has 1 unspecified atom stereocenters. The minimum atomic E-state index is -0.664. The molecule has 3 amide bonds. The molecule has 0 aliphatic rings. The number of nitrogens with two attached hydrogens (primary N) is 1. The van der Waals surface area contributed by atoms with Crippen LogP contribution in [0, 0.1) is 5.92 Å². The Labute approximate surface area is 163 Å². The van der Waals surface area contributed by atoms with Gasteiger partial charge in [-0.2, -0.15) is 5.10 Å². The van der Waals surface area contributed by atoms with Gasteiger partial charge < -0.3 is 21.7 Å². The third-order valence-electron chi connectivity index (χ3n) is 4.16. The Morgan fingerprint density at radius 2 is 1.75 bits per heavy atom. The Balaban J connectivity index is 1.89. The summed E-state index contributed by atoms with van der Waals surface area (Å²) in [7, 11) is 0. The van der Waals surface area contributed by atoms with Crippen LogP contribution in [-0.4, -0.2) is 40.1 Å². The summed E-state index contributed by atoms with van der Waals surface area (Å²) in [4.78, 5) is 36.2. The number of carbonyl (C=O) groups is 3. The minimum absolute atomic E-state index is 0.0208. The Morgan fingerprint density at radius 1 is 1.07 bits per heavy atom. The SMILES string of the molecule is CC(C)[C@H](N)C(=O)NCC(=O)Nc1cccc(NC(=O)C(C)n2cccn2)c1. The maximum atomic E-state index is 12.3. The highest BCUT2D eigenvalue weighted by Gasteiger charge is 2.18. The Morgan fingerprint density at radius 3 is 2.36 bits per heavy atom. The molecule has 2 aromatic rings. The average molecular weight is 386 g/mol. The number of rotatable bonds is 8. The van der Waals surface area contributed by atoms with Gasteiger partial charge >= 0.3 is 0 Å². The van der Waals surface area contributed by atoms with Gasteiger partial charge in [0.2, 0.25) is 17.7 Å². The second-order valence-electron chi connectivity index (χ2n) is 6.77. The van der Waals surface area contributed by atoms with E-state index in [-0.39, 0.29) is 24.3 Å². The molecule has 5 N–H and O–H groups in total. The largest absolute Gasteiger partial charge is 0.346 e. The number of hydrogen-bond acceptors (Lipinski definition) is 5. The third-order valence-corrected chi connectivity index (χ3v) is 4.16. The maximum absolute atomic E-state index is 12.3. The molecule has 0 spiro atoms. The summed E-state index contributed by atoms with van der Waals surface area (Å²) in [6.45, 7) is 5.21. The zero-order valence-electron chi connectivity index (χ0n) is 16.2. The van der Waals surface area contributed by atoms with E-state index in [1.165, 1.54) is 0 Å². The minimum Gasteiger partial charge on any atom is -0.346 e. The molecule has 2 rings (SSSR count). The first-order valence-electron chi connectivity index (χ1n) is 9.01. The van der Waals surface area contributed by atoms with Crippen LogP contribution < -0.4 is 21.7 Å². The van der Waals surface area contributed by atoms with E-state index in [2.05, 4.69) is 21.0 Å². The van der Waals surface area contributed by atoms with Gasteiger partial charge in [-0.1, -0.05) is 19.9 Å². The van der Waals surface area contributed by atoms with Gasteiger partial charge in [-0.25, -0.2) is 0 Å². The van der Waals surface area contributed by atoms with E-state index in [1.54, 1.807) is 54.3 Å². The van der Waals surface area contributed by atoms with Gasteiger partial charge in [0.15, 0.2) is 0 Å². The number of aromatic nitrogens is 2. The maximum Gasteiger partial charge on any atom is 0.248 e. The van der Waals surface area contributed by atoms with E-state index in [0.717, 1.165) is 0 Å². The lowest BCUT2D eigenvalue weighted by molar-refractivity contribution is -0.125. The molecular weight excluding hydrogens is 360 g/mol. The van der Waals surface area contributed by atoms with Gasteiger partial charge in [0.25, 0.3) is 0 Å². The number of nitrogens with zero attached hydrogens (tertiary/aromatic N) is 2. The van der Waals surface area contributed by atoms with Crippen LogP contribution >= 0.6 is 0 Å². The lowest BCUT2D eigenvalue weighted by Gasteiger charge is -2.15. The molecule has 150 valence electrons. The Hall–Kier alpha value is -3.20. The predicted octanol–water partition coefficient (Wildman–Crippen LogP) is 1.12. The smallest absolute Gasteiger partial charge is 0.248 e. The first kappa shape index (κ1) is 21.1. The molecule has 0 bridgehead atoms. The van der Waals surface area contributed by atoms with Gasteiger partial charge in [-0.3, -0.25) is 19.1 Å². The van der Waals surface area contributed by atoms with E-state index < -0.39 is 18.0 Å². The first-order chi connectivity index (χ1) is 13.3. The van der Waals surface area contributed by atoms with Crippen molar-refractivity contribution in [3.8, 4) is 0 Å². The number of nitrogens with one attached hydrogen (secondary N) is 3. The molecule has 2 atom stereocenters. The van der Waals surface area contributed by atoms with Gasteiger partial charge in [-0.15, -0.1) is 0 Å². The summed E-state index contributed by atoms with van der Waals surface area (Å²) in [5, 5.41) is 12.0. The molecule has 0 radical (unpaired) electrons. The van der Waals surface area contributed by atoms with Gasteiger partial charge in [0.1, 0.15) is 6.04 Å². The third kappa shape index (κ3) is 5.92. The summed E-state index contributed by atoms with van der Waals surface area (Å²) < 4.78 is 1.55. The van der Waals surface area contributed by atoms with Crippen molar-refractivity contribution in [2.24, 2.45) is 11.7 Å². The molecule has 1 aromatic carbocycles. The molecule has 0 saturated heterocycles. The molecule has 9 nitrogen and oxygen atoms in total. The van der Waals surface area contributed by atoms with Crippen LogP contribution in [0.2, 0.25) is 0 Å². The van der Waals surface area contributed by atoms with Crippen molar-refractivity contribution >= 4 is 29.1 Å². The first-order valence-corrected chi connectivity index (χ1v) is 9.01. The molecule has 0 fully saturated rings. The molecule has 0 aliphatic carbocycles. The van der Waals surface area contributed by atoms with Crippen molar-refractivity contribution < 1.29 is 14.4 Å². The number of amides is 3. The number of carbonyl (C=O) groups excluding carboxylic acids is 3. The summed E-state index contributed by atoms with van der Waals surface area (Å²) in [5.74, 6) is -1.02. The normalized spacial score (nSPS) is 12.9. The molecule has 1 heterocycles. The topological polar surface area (TPSA) is 131 Å². The van der Waals surface area contributed by atoms with E-state index >= 15 is 0 Å². The fourth-order valence-electron chi connectivity index (χ4n) is 2.34. The number of anilines is 2. The van der Waals surface area contributed by atoms with Crippen molar-refractivity contribution in [1.82, 2.24) is 15.1 Å². The lowest BCUT2D eigenvalue weighted by Crippen LogP contribution is -2.46. The highest BCUT2D eigenvalue weighted by molar-refractivity contribution is 5.97. The Bertz CT molecular complexity index is 819. The highest BCUT2D eigenvalue weighted by Crippen LogP contribution is 2.17. The van der Waals surface area contributed by atoms with Crippen LogP contribution in [0.1, 0.15) is 26.8 Å². The van der Waals surface area contributed by atoms with Gasteiger partial charge in [0.05, 0.1) is 12.6 Å². The van der Waals surface area contributed by atoms with Crippen LogP contribution in [0.5, 0.6) is 0 Å². The highest BCUT2D eigenvalue weighted by atomic mass is 16.2. The van der Waals surface area contributed by atoms with Crippen molar-refractivity contribution in [3.05, 3.63) is 42.7 Å². The van der Waals surface area contributed by atoms with Crippen LogP contribution in [0.3, 0.4) is 0 Å². The number of benzene rings is 1. The van der Waals surface area contributed by atoms with Crippen molar-refractivity contribution in [3.63, 3.8) is 0 Å². The monoisotopic (exact) mass is 386 g/mol. The zero-order valence-corrected chi connectivity index (χ0v) is 16.2. The summed E-state index contributed by atoms with van der Waals surface area (Å²) in [6.07, 6.45) is 3.31. The van der Waals surface area contributed by atoms with E-state index in [9.17, 15) is 14.4 Å². The molecule has 28 heavy (non-hydrogen) atoms. The molecule has 0 aliphatic heterocycles. The van der Waals surface area contributed by atoms with Gasteiger partial charge in [0, 0.05) is 23.8 Å². The average Bonchev–Trinajstić information content (AvgIpc) is 3.19. The molecule has 9 heteroatoms. The number of hydrogen-bond donors (Lipinski definition) is 4. The molecule has 0 saturated carbocycles. The van der Waals surface area contributed by atoms with Crippen LogP contribution in [0.15, 0.2) is 42.7 Å². The standard InChI is InChI=1S/C19H26N6O3/c1-12(2)17(20)19(28)21-11-16(26)23-14-6-4-7-15(10-14)24-18(27)13(3)25-9-5-8-22-25/h4-10,12-13,17H,11,20H2,1-3H3,(H,21,28)(H,23,26)(H,24,27)/t13?,17-/m0/s1. The quantitative estimate of drug-likeness (QED) is 0.540. The fourth-order valence-corrected chi connectivity index (χ4v) is 2.34. The summed E-state index contributed by atoms with van der Waals surface area (Å²) in [5.41, 5.74) is 6.77. The zero-order chi connectivity index (χ0) is 20.7.